The summed E-state index contributed by atoms with van der Waals surface area (Å²) < 4.78 is 5.25. The molecule has 2 amide bonds. The first-order valence-electron chi connectivity index (χ1n) is 5.81. The van der Waals surface area contributed by atoms with Gasteiger partial charge in [-0.1, -0.05) is 0 Å². The molecule has 0 atom stereocenters. The minimum Gasteiger partial charge on any atom is -0.381 e. The highest BCUT2D eigenvalue weighted by atomic mass is 35.5. The summed E-state index contributed by atoms with van der Waals surface area (Å²) in [7, 11) is 1.81. The van der Waals surface area contributed by atoms with Crippen LogP contribution in [0.2, 0.25) is 0 Å². The molecule has 0 aliphatic carbocycles. The average molecular weight is 263 g/mol. The van der Waals surface area contributed by atoms with Crippen LogP contribution in [0.15, 0.2) is 0 Å². The Morgan fingerprint density at radius 1 is 1.41 bits per heavy atom. The van der Waals surface area contributed by atoms with E-state index in [4.69, 9.17) is 16.3 Å². The normalized spacial score (nSPS) is 16.6. The molecule has 1 aliphatic heterocycles. The molecule has 0 aromatic carbocycles. The summed E-state index contributed by atoms with van der Waals surface area (Å²) in [5.74, 6) is -0.260. The quantitative estimate of drug-likeness (QED) is 0.729. The molecule has 0 aromatic heterocycles. The van der Waals surface area contributed by atoms with Crippen molar-refractivity contribution in [3.05, 3.63) is 0 Å². The largest absolute Gasteiger partial charge is 0.381 e. The van der Waals surface area contributed by atoms with Crippen molar-refractivity contribution in [2.75, 3.05) is 32.7 Å². The fourth-order valence-corrected chi connectivity index (χ4v) is 1.90. The van der Waals surface area contributed by atoms with E-state index >= 15 is 0 Å². The summed E-state index contributed by atoms with van der Waals surface area (Å²) >= 11 is 5.33. The van der Waals surface area contributed by atoms with Crippen molar-refractivity contribution in [2.45, 2.75) is 25.3 Å². The summed E-state index contributed by atoms with van der Waals surface area (Å²) in [6, 6.07) is 0.264. The van der Waals surface area contributed by atoms with Crippen LogP contribution in [0.3, 0.4) is 0 Å². The Bertz CT molecular complexity index is 267. The third-order valence-corrected chi connectivity index (χ3v) is 3.16. The number of nitrogens with zero attached hydrogens (tertiary/aromatic N) is 1. The van der Waals surface area contributed by atoms with Crippen molar-refractivity contribution in [1.82, 2.24) is 10.2 Å². The number of ether oxygens (including phenoxy) is 1. The zero-order valence-corrected chi connectivity index (χ0v) is 10.8. The summed E-state index contributed by atoms with van der Waals surface area (Å²) in [6.45, 7) is 1.77. The Morgan fingerprint density at radius 2 is 2.06 bits per heavy atom. The predicted molar refractivity (Wildman–Crippen MR) is 65.0 cm³/mol. The third kappa shape index (κ3) is 4.91. The van der Waals surface area contributed by atoms with Crippen LogP contribution in [0.25, 0.3) is 0 Å². The summed E-state index contributed by atoms with van der Waals surface area (Å²) in [4.78, 5) is 24.5. The van der Waals surface area contributed by atoms with E-state index in [0.717, 1.165) is 12.8 Å². The number of carbonyl (C=O) groups excluding carboxylic acids is 2. The van der Waals surface area contributed by atoms with E-state index in [1.807, 2.05) is 7.05 Å². The van der Waals surface area contributed by atoms with Gasteiger partial charge in [0.15, 0.2) is 0 Å². The van der Waals surface area contributed by atoms with Crippen molar-refractivity contribution in [1.29, 1.82) is 0 Å². The van der Waals surface area contributed by atoms with Crippen molar-refractivity contribution in [3.8, 4) is 0 Å². The molecule has 1 heterocycles. The highest BCUT2D eigenvalue weighted by Crippen LogP contribution is 2.13. The predicted octanol–water partition coefficient (Wildman–Crippen LogP) is 0.369. The maximum atomic E-state index is 11.8. The summed E-state index contributed by atoms with van der Waals surface area (Å²) in [5.41, 5.74) is 0. The second kappa shape index (κ2) is 7.50. The van der Waals surface area contributed by atoms with Gasteiger partial charge in [0.2, 0.25) is 11.8 Å². The molecule has 5 nitrogen and oxygen atoms in total. The molecular formula is C11H19ClN2O3. The van der Waals surface area contributed by atoms with Crippen LogP contribution in [-0.4, -0.2) is 55.4 Å². The van der Waals surface area contributed by atoms with Gasteiger partial charge in [-0.25, -0.2) is 0 Å². The van der Waals surface area contributed by atoms with Gasteiger partial charge in [-0.3, -0.25) is 9.59 Å². The summed E-state index contributed by atoms with van der Waals surface area (Å²) in [6.07, 6.45) is 2.09. The number of alkyl halides is 1. The molecule has 0 unspecified atom stereocenters. The van der Waals surface area contributed by atoms with Gasteiger partial charge in [0.25, 0.3) is 0 Å². The smallest absolute Gasteiger partial charge is 0.234 e. The van der Waals surface area contributed by atoms with Crippen LogP contribution in [0.5, 0.6) is 0 Å². The zero-order chi connectivity index (χ0) is 12.7. The van der Waals surface area contributed by atoms with E-state index < -0.39 is 0 Å². The monoisotopic (exact) mass is 262 g/mol. The van der Waals surface area contributed by atoms with Gasteiger partial charge in [-0.2, -0.15) is 0 Å². The molecule has 0 bridgehead atoms. The maximum absolute atomic E-state index is 11.8. The Morgan fingerprint density at radius 3 is 2.65 bits per heavy atom. The Balaban J connectivity index is 2.23. The van der Waals surface area contributed by atoms with Gasteiger partial charge in [-0.05, 0) is 12.8 Å². The van der Waals surface area contributed by atoms with Crippen molar-refractivity contribution in [3.63, 3.8) is 0 Å². The van der Waals surface area contributed by atoms with Crippen LogP contribution in [0.4, 0.5) is 0 Å². The van der Waals surface area contributed by atoms with E-state index in [9.17, 15) is 9.59 Å². The Hall–Kier alpha value is -0.810. The Labute approximate surface area is 106 Å². The molecule has 1 N–H and O–H groups in total. The standard InChI is InChI=1S/C11H19ClN2O3/c1-14(9-3-6-17-7-4-9)11(16)2-5-13-10(15)8-12/h9H,2-8H2,1H3,(H,13,15). The van der Waals surface area contributed by atoms with Gasteiger partial charge >= 0.3 is 0 Å². The molecule has 1 aliphatic rings. The topological polar surface area (TPSA) is 58.6 Å². The third-order valence-electron chi connectivity index (χ3n) is 2.91. The Kier molecular flexibility index (Phi) is 6.29. The fraction of sp³-hybridized carbons (Fsp3) is 0.818. The highest BCUT2D eigenvalue weighted by Gasteiger charge is 2.21. The lowest BCUT2D eigenvalue weighted by molar-refractivity contribution is -0.133. The van der Waals surface area contributed by atoms with Crippen LogP contribution in [0, 0.1) is 0 Å². The van der Waals surface area contributed by atoms with Gasteiger partial charge in [0.05, 0.1) is 0 Å². The zero-order valence-electron chi connectivity index (χ0n) is 10.1. The molecule has 1 fully saturated rings. The lowest BCUT2D eigenvalue weighted by Crippen LogP contribution is -2.41. The first-order chi connectivity index (χ1) is 8.15. The van der Waals surface area contributed by atoms with Crippen LogP contribution in [0.1, 0.15) is 19.3 Å². The fourth-order valence-electron chi connectivity index (χ4n) is 1.81. The maximum Gasteiger partial charge on any atom is 0.234 e. The number of hydrogen-bond donors (Lipinski definition) is 1. The number of halogens is 1. The number of carbonyl (C=O) groups is 2. The van der Waals surface area contributed by atoms with Crippen molar-refractivity contribution in [2.24, 2.45) is 0 Å². The molecule has 0 radical (unpaired) electrons. The van der Waals surface area contributed by atoms with E-state index in [0.29, 0.717) is 26.2 Å². The average Bonchev–Trinajstić information content (AvgIpc) is 2.38. The molecule has 1 saturated heterocycles. The van der Waals surface area contributed by atoms with E-state index in [-0.39, 0.29) is 23.7 Å². The molecule has 17 heavy (non-hydrogen) atoms. The van der Waals surface area contributed by atoms with E-state index in [1.165, 1.54) is 0 Å². The lowest BCUT2D eigenvalue weighted by atomic mass is 10.1. The second-order valence-electron chi connectivity index (χ2n) is 4.08. The molecule has 6 heteroatoms. The van der Waals surface area contributed by atoms with Crippen LogP contribution < -0.4 is 5.32 Å². The van der Waals surface area contributed by atoms with Crippen LogP contribution in [-0.2, 0) is 14.3 Å². The molecule has 98 valence electrons. The lowest BCUT2D eigenvalue weighted by Gasteiger charge is -2.31. The van der Waals surface area contributed by atoms with Crippen molar-refractivity contribution >= 4 is 23.4 Å². The number of nitrogens with one attached hydrogen (secondary N) is 1. The molecule has 0 spiro atoms. The summed E-state index contributed by atoms with van der Waals surface area (Å²) in [5, 5.41) is 2.58. The van der Waals surface area contributed by atoms with Crippen molar-refractivity contribution < 1.29 is 14.3 Å². The molecule has 0 saturated carbocycles. The molecule has 0 aromatic rings. The number of amides is 2. The van der Waals surface area contributed by atoms with E-state index in [1.54, 1.807) is 4.90 Å². The molecule has 1 rings (SSSR count). The first-order valence-corrected chi connectivity index (χ1v) is 6.34. The van der Waals surface area contributed by atoms with Gasteiger partial charge < -0.3 is 15.0 Å². The van der Waals surface area contributed by atoms with Gasteiger partial charge in [0, 0.05) is 39.3 Å². The minimum atomic E-state index is -0.242. The van der Waals surface area contributed by atoms with Crippen LogP contribution >= 0.6 is 11.6 Å². The minimum absolute atomic E-state index is 0.0479. The van der Waals surface area contributed by atoms with Gasteiger partial charge in [-0.15, -0.1) is 11.6 Å². The number of hydrogen-bond acceptors (Lipinski definition) is 3. The first kappa shape index (κ1) is 14.3. The van der Waals surface area contributed by atoms with E-state index in [2.05, 4.69) is 5.32 Å². The highest BCUT2D eigenvalue weighted by molar-refractivity contribution is 6.27. The molecular weight excluding hydrogens is 244 g/mol. The SMILES string of the molecule is CN(C(=O)CCNC(=O)CCl)C1CCOCC1. The number of rotatable bonds is 5. The van der Waals surface area contributed by atoms with Gasteiger partial charge in [0.1, 0.15) is 5.88 Å². The second-order valence-corrected chi connectivity index (χ2v) is 4.35.